The summed E-state index contributed by atoms with van der Waals surface area (Å²) in [7, 11) is 0. The van der Waals surface area contributed by atoms with E-state index >= 15 is 0 Å². The SMILES string of the molecule is Cc1ccc(O)c(NC(=O)CSc2nc(Nc3ccccc3)nc(N3CCOCC3)n2)c1. The molecule has 4 rings (SSSR count). The van der Waals surface area contributed by atoms with E-state index in [0.717, 1.165) is 11.3 Å². The highest BCUT2D eigenvalue weighted by Crippen LogP contribution is 2.25. The Labute approximate surface area is 190 Å². The lowest BCUT2D eigenvalue weighted by atomic mass is 10.2. The van der Waals surface area contributed by atoms with Gasteiger partial charge in [0.25, 0.3) is 0 Å². The van der Waals surface area contributed by atoms with Crippen molar-refractivity contribution in [1.82, 2.24) is 15.0 Å². The number of aryl methyl sites for hydroxylation is 1. The van der Waals surface area contributed by atoms with Crippen LogP contribution in [0.15, 0.2) is 53.7 Å². The molecule has 3 N–H and O–H groups in total. The summed E-state index contributed by atoms with van der Waals surface area (Å²) in [6, 6.07) is 14.7. The number of aromatic nitrogens is 3. The fourth-order valence-electron chi connectivity index (χ4n) is 3.09. The van der Waals surface area contributed by atoms with Crippen LogP contribution in [-0.4, -0.2) is 58.0 Å². The van der Waals surface area contributed by atoms with E-state index in [-0.39, 0.29) is 17.4 Å². The number of hydrogen-bond donors (Lipinski definition) is 3. The number of amides is 1. The number of morpholine rings is 1. The van der Waals surface area contributed by atoms with E-state index in [4.69, 9.17) is 4.74 Å². The molecular formula is C22H24N6O3S. The zero-order valence-corrected chi connectivity index (χ0v) is 18.4. The van der Waals surface area contributed by atoms with Crippen molar-refractivity contribution in [1.29, 1.82) is 0 Å². The van der Waals surface area contributed by atoms with Crippen LogP contribution in [0, 0.1) is 6.92 Å². The van der Waals surface area contributed by atoms with E-state index < -0.39 is 0 Å². The van der Waals surface area contributed by atoms with Crippen LogP contribution in [0.1, 0.15) is 5.56 Å². The third-order valence-corrected chi connectivity index (χ3v) is 5.53. The summed E-state index contributed by atoms with van der Waals surface area (Å²) in [6.45, 7) is 4.48. The average Bonchev–Trinajstić information content (AvgIpc) is 2.81. The number of carbonyl (C=O) groups excluding carboxylic acids is 1. The number of phenolic OH excluding ortho intramolecular Hbond substituents is 1. The zero-order chi connectivity index (χ0) is 22.3. The quantitative estimate of drug-likeness (QED) is 0.367. The molecule has 1 aliphatic heterocycles. The van der Waals surface area contributed by atoms with Gasteiger partial charge >= 0.3 is 0 Å². The van der Waals surface area contributed by atoms with Crippen molar-refractivity contribution in [2.45, 2.75) is 12.1 Å². The van der Waals surface area contributed by atoms with E-state index in [0.29, 0.717) is 49.0 Å². The highest BCUT2D eigenvalue weighted by atomic mass is 32.2. The number of phenols is 1. The van der Waals surface area contributed by atoms with Crippen molar-refractivity contribution < 1.29 is 14.6 Å². The molecule has 32 heavy (non-hydrogen) atoms. The van der Waals surface area contributed by atoms with Crippen LogP contribution in [0.5, 0.6) is 5.75 Å². The number of benzene rings is 2. The molecule has 2 aromatic carbocycles. The molecule has 1 aliphatic rings. The highest BCUT2D eigenvalue weighted by Gasteiger charge is 2.18. The van der Waals surface area contributed by atoms with E-state index in [2.05, 4.69) is 25.6 Å². The van der Waals surface area contributed by atoms with Crippen molar-refractivity contribution >= 4 is 40.9 Å². The Balaban J connectivity index is 1.49. The van der Waals surface area contributed by atoms with Crippen molar-refractivity contribution in [3.8, 4) is 5.75 Å². The van der Waals surface area contributed by atoms with Gasteiger partial charge in [0.2, 0.25) is 17.8 Å². The topological polar surface area (TPSA) is 112 Å². The number of carbonyl (C=O) groups is 1. The summed E-state index contributed by atoms with van der Waals surface area (Å²) in [5, 5.41) is 16.3. The Bertz CT molecular complexity index is 1080. The van der Waals surface area contributed by atoms with Crippen molar-refractivity contribution in [3.05, 3.63) is 54.1 Å². The fourth-order valence-corrected chi connectivity index (χ4v) is 3.72. The molecule has 0 bridgehead atoms. The van der Waals surface area contributed by atoms with Crippen LogP contribution < -0.4 is 15.5 Å². The molecular weight excluding hydrogens is 428 g/mol. The van der Waals surface area contributed by atoms with Gasteiger partial charge in [0.05, 0.1) is 24.7 Å². The van der Waals surface area contributed by atoms with Crippen LogP contribution in [0.3, 0.4) is 0 Å². The Morgan fingerprint density at radius 3 is 2.69 bits per heavy atom. The van der Waals surface area contributed by atoms with Crippen molar-refractivity contribution in [2.24, 2.45) is 0 Å². The number of nitrogens with one attached hydrogen (secondary N) is 2. The van der Waals surface area contributed by atoms with E-state index in [9.17, 15) is 9.90 Å². The number of para-hydroxylation sites is 1. The molecule has 166 valence electrons. The fraction of sp³-hybridized carbons (Fsp3) is 0.273. The molecule has 0 aliphatic carbocycles. The molecule has 1 fully saturated rings. The van der Waals surface area contributed by atoms with Crippen molar-refractivity contribution in [3.63, 3.8) is 0 Å². The third kappa shape index (κ3) is 5.86. The summed E-state index contributed by atoms with van der Waals surface area (Å²) in [6.07, 6.45) is 0. The van der Waals surface area contributed by atoms with Gasteiger partial charge < -0.3 is 25.4 Å². The van der Waals surface area contributed by atoms with Crippen LogP contribution in [0.25, 0.3) is 0 Å². The second-order valence-corrected chi connectivity index (χ2v) is 8.13. The normalized spacial score (nSPS) is 13.6. The monoisotopic (exact) mass is 452 g/mol. The maximum Gasteiger partial charge on any atom is 0.234 e. The lowest BCUT2D eigenvalue weighted by Crippen LogP contribution is -2.37. The molecule has 0 radical (unpaired) electrons. The lowest BCUT2D eigenvalue weighted by Gasteiger charge is -2.27. The number of anilines is 4. The smallest absolute Gasteiger partial charge is 0.234 e. The minimum absolute atomic E-state index is 0.0260. The summed E-state index contributed by atoms with van der Waals surface area (Å²) < 4.78 is 5.42. The maximum atomic E-state index is 12.5. The van der Waals surface area contributed by atoms with Crippen LogP contribution in [0.4, 0.5) is 23.3 Å². The minimum atomic E-state index is -0.262. The van der Waals surface area contributed by atoms with Crippen LogP contribution in [-0.2, 0) is 9.53 Å². The minimum Gasteiger partial charge on any atom is -0.506 e. The van der Waals surface area contributed by atoms with Gasteiger partial charge in [-0.3, -0.25) is 4.79 Å². The maximum absolute atomic E-state index is 12.5. The van der Waals surface area contributed by atoms with Gasteiger partial charge in [0.15, 0.2) is 5.16 Å². The third-order valence-electron chi connectivity index (χ3n) is 4.69. The van der Waals surface area contributed by atoms with E-state index in [1.54, 1.807) is 18.2 Å². The summed E-state index contributed by atoms with van der Waals surface area (Å²) in [5.74, 6) is 0.804. The zero-order valence-electron chi connectivity index (χ0n) is 17.6. The summed E-state index contributed by atoms with van der Waals surface area (Å²) in [4.78, 5) is 28.1. The second-order valence-electron chi connectivity index (χ2n) is 7.19. The van der Waals surface area contributed by atoms with E-state index in [1.807, 2.05) is 42.2 Å². The summed E-state index contributed by atoms with van der Waals surface area (Å²) in [5.41, 5.74) is 2.18. The Morgan fingerprint density at radius 1 is 1.12 bits per heavy atom. The average molecular weight is 453 g/mol. The lowest BCUT2D eigenvalue weighted by molar-refractivity contribution is -0.113. The van der Waals surface area contributed by atoms with Gasteiger partial charge in [-0.1, -0.05) is 36.0 Å². The van der Waals surface area contributed by atoms with E-state index in [1.165, 1.54) is 11.8 Å². The second kappa shape index (κ2) is 10.3. The largest absolute Gasteiger partial charge is 0.506 e. The van der Waals surface area contributed by atoms with Crippen LogP contribution in [0.2, 0.25) is 0 Å². The number of thioether (sulfide) groups is 1. The molecule has 0 unspecified atom stereocenters. The number of hydrogen-bond acceptors (Lipinski definition) is 9. The molecule has 10 heteroatoms. The van der Waals surface area contributed by atoms with Gasteiger partial charge in [-0.2, -0.15) is 15.0 Å². The molecule has 0 atom stereocenters. The number of rotatable bonds is 7. The van der Waals surface area contributed by atoms with Gasteiger partial charge in [0.1, 0.15) is 5.75 Å². The number of nitrogens with zero attached hydrogens (tertiary/aromatic N) is 4. The molecule has 0 spiro atoms. The standard InChI is InChI=1S/C22H24N6O3S/c1-15-7-8-18(29)17(13-15)24-19(30)14-32-22-26-20(23-16-5-3-2-4-6-16)25-21(27-22)28-9-11-31-12-10-28/h2-8,13,29H,9-12,14H2,1H3,(H,24,30)(H,23,25,26,27). The first-order chi connectivity index (χ1) is 15.6. The number of ether oxygens (including phenoxy) is 1. The molecule has 1 saturated heterocycles. The molecule has 3 aromatic rings. The molecule has 1 amide bonds. The first kappa shape index (κ1) is 21.8. The van der Waals surface area contributed by atoms with Gasteiger partial charge in [0, 0.05) is 18.8 Å². The van der Waals surface area contributed by atoms with Gasteiger partial charge in [-0.05, 0) is 36.8 Å². The summed E-state index contributed by atoms with van der Waals surface area (Å²) >= 11 is 1.21. The molecule has 2 heterocycles. The van der Waals surface area contributed by atoms with Crippen LogP contribution >= 0.6 is 11.8 Å². The van der Waals surface area contributed by atoms with Gasteiger partial charge in [-0.15, -0.1) is 0 Å². The Hall–Kier alpha value is -3.37. The molecule has 0 saturated carbocycles. The molecule has 9 nitrogen and oxygen atoms in total. The van der Waals surface area contributed by atoms with Crippen molar-refractivity contribution in [2.75, 3.05) is 47.6 Å². The predicted molar refractivity (Wildman–Crippen MR) is 125 cm³/mol. The van der Waals surface area contributed by atoms with Gasteiger partial charge in [-0.25, -0.2) is 0 Å². The predicted octanol–water partition coefficient (Wildman–Crippen LogP) is 3.20. The Morgan fingerprint density at radius 2 is 1.91 bits per heavy atom. The Kier molecular flexibility index (Phi) is 7.03. The number of aromatic hydroxyl groups is 1. The first-order valence-electron chi connectivity index (χ1n) is 10.2. The molecule has 1 aromatic heterocycles. The highest BCUT2D eigenvalue weighted by molar-refractivity contribution is 7.99. The first-order valence-corrected chi connectivity index (χ1v) is 11.2.